The lowest BCUT2D eigenvalue weighted by Gasteiger charge is -2.07. The van der Waals surface area contributed by atoms with Crippen LogP contribution < -0.4 is 5.73 Å². The third-order valence-corrected chi connectivity index (χ3v) is 2.78. The number of fused-ring (bicyclic) bond motifs is 1. The highest BCUT2D eigenvalue weighted by molar-refractivity contribution is 5.87. The number of nitrogens with zero attached hydrogens (tertiary/aromatic N) is 2. The molecule has 0 saturated carbocycles. The van der Waals surface area contributed by atoms with E-state index in [4.69, 9.17) is 5.73 Å². The minimum Gasteiger partial charge on any atom is -0.383 e. The van der Waals surface area contributed by atoms with Crippen LogP contribution in [0.4, 0.5) is 11.5 Å². The molecule has 1 aromatic heterocycles. The molecule has 82 valence electrons. The Kier molecular flexibility index (Phi) is 2.23. The Morgan fingerprint density at radius 2 is 2.00 bits per heavy atom. The Balaban J connectivity index is 2.82. The van der Waals surface area contributed by atoms with Crippen molar-refractivity contribution in [1.29, 1.82) is 0 Å². The van der Waals surface area contributed by atoms with Crippen LogP contribution in [0.5, 0.6) is 0 Å². The third kappa shape index (κ3) is 1.46. The summed E-state index contributed by atoms with van der Waals surface area (Å²) in [4.78, 5) is 14.4. The molecule has 16 heavy (non-hydrogen) atoms. The largest absolute Gasteiger partial charge is 0.383 e. The van der Waals surface area contributed by atoms with Crippen molar-refractivity contribution in [2.24, 2.45) is 0 Å². The van der Waals surface area contributed by atoms with Crippen molar-refractivity contribution in [3.63, 3.8) is 0 Å². The van der Waals surface area contributed by atoms with Gasteiger partial charge >= 0.3 is 0 Å². The van der Waals surface area contributed by atoms with Crippen LogP contribution >= 0.6 is 0 Å². The van der Waals surface area contributed by atoms with E-state index in [2.05, 4.69) is 4.98 Å². The maximum Gasteiger partial charge on any atom is 0.270 e. The Labute approximate surface area is 92.1 Å². The molecule has 2 rings (SSSR count). The summed E-state index contributed by atoms with van der Waals surface area (Å²) >= 11 is 0. The van der Waals surface area contributed by atoms with E-state index in [-0.39, 0.29) is 5.69 Å². The molecule has 2 aromatic rings. The second kappa shape index (κ2) is 3.44. The van der Waals surface area contributed by atoms with E-state index in [0.29, 0.717) is 11.3 Å². The van der Waals surface area contributed by atoms with Crippen LogP contribution in [0.1, 0.15) is 11.1 Å². The van der Waals surface area contributed by atoms with Crippen molar-refractivity contribution in [1.82, 2.24) is 4.98 Å². The molecule has 0 aliphatic heterocycles. The van der Waals surface area contributed by atoms with Crippen LogP contribution in [0, 0.1) is 24.0 Å². The summed E-state index contributed by atoms with van der Waals surface area (Å²) < 4.78 is 0. The number of hydrogen-bond acceptors (Lipinski definition) is 4. The van der Waals surface area contributed by atoms with Crippen molar-refractivity contribution in [2.45, 2.75) is 13.8 Å². The first kappa shape index (κ1) is 10.4. The molecule has 0 amide bonds. The van der Waals surface area contributed by atoms with E-state index < -0.39 is 4.92 Å². The van der Waals surface area contributed by atoms with E-state index in [1.54, 1.807) is 6.07 Å². The number of pyridine rings is 1. The Bertz CT molecular complexity index is 593. The van der Waals surface area contributed by atoms with Gasteiger partial charge in [-0.25, -0.2) is 4.98 Å². The molecule has 0 saturated heterocycles. The Morgan fingerprint density at radius 3 is 2.62 bits per heavy atom. The molecule has 5 heteroatoms. The molecule has 0 fully saturated rings. The first-order valence-electron chi connectivity index (χ1n) is 4.81. The summed E-state index contributed by atoms with van der Waals surface area (Å²) in [6.07, 6.45) is 0. The Morgan fingerprint density at radius 1 is 1.31 bits per heavy atom. The van der Waals surface area contributed by atoms with E-state index in [1.807, 2.05) is 13.8 Å². The molecule has 1 aromatic carbocycles. The summed E-state index contributed by atoms with van der Waals surface area (Å²) in [7, 11) is 0. The van der Waals surface area contributed by atoms with Gasteiger partial charge in [-0.15, -0.1) is 0 Å². The summed E-state index contributed by atoms with van der Waals surface area (Å²) in [5.74, 6) is 0.471. The number of nitrogens with two attached hydrogens (primary N) is 1. The van der Waals surface area contributed by atoms with E-state index in [9.17, 15) is 10.1 Å². The number of rotatable bonds is 1. The van der Waals surface area contributed by atoms with Gasteiger partial charge in [0.1, 0.15) is 5.82 Å². The number of aromatic nitrogens is 1. The highest BCUT2D eigenvalue weighted by Crippen LogP contribution is 2.26. The molecule has 0 aliphatic rings. The zero-order valence-electron chi connectivity index (χ0n) is 9.02. The standard InChI is InChI=1S/C11H11N3O2/c1-6-7(2)11(12)13-10-4-3-8(14(15)16)5-9(6)10/h3-5H,1-2H3,(H2,12,13). The quantitative estimate of drug-likeness (QED) is 0.587. The van der Waals surface area contributed by atoms with Crippen molar-refractivity contribution < 1.29 is 4.92 Å². The second-order valence-electron chi connectivity index (χ2n) is 3.71. The van der Waals surface area contributed by atoms with Gasteiger partial charge in [-0.2, -0.15) is 0 Å². The monoisotopic (exact) mass is 217 g/mol. The fraction of sp³-hybridized carbons (Fsp3) is 0.182. The third-order valence-electron chi connectivity index (χ3n) is 2.78. The lowest BCUT2D eigenvalue weighted by atomic mass is 10.0. The van der Waals surface area contributed by atoms with Crippen LogP contribution in [0.2, 0.25) is 0 Å². The molecular weight excluding hydrogens is 206 g/mol. The Hall–Kier alpha value is -2.17. The minimum atomic E-state index is -0.412. The summed E-state index contributed by atoms with van der Waals surface area (Å²) in [5.41, 5.74) is 8.30. The van der Waals surface area contributed by atoms with Crippen LogP contribution in [-0.2, 0) is 0 Å². The molecule has 0 radical (unpaired) electrons. The highest BCUT2D eigenvalue weighted by Gasteiger charge is 2.11. The van der Waals surface area contributed by atoms with Gasteiger partial charge in [-0.05, 0) is 31.0 Å². The van der Waals surface area contributed by atoms with Gasteiger partial charge in [-0.1, -0.05) is 0 Å². The van der Waals surface area contributed by atoms with Gasteiger partial charge in [0.2, 0.25) is 0 Å². The molecule has 0 unspecified atom stereocenters. The predicted molar refractivity (Wildman–Crippen MR) is 62.3 cm³/mol. The topological polar surface area (TPSA) is 82.0 Å². The average Bonchev–Trinajstić information content (AvgIpc) is 2.25. The van der Waals surface area contributed by atoms with Crippen LogP contribution in [0.25, 0.3) is 10.9 Å². The van der Waals surface area contributed by atoms with Gasteiger partial charge in [0.05, 0.1) is 10.4 Å². The maximum atomic E-state index is 10.7. The molecular formula is C11H11N3O2. The van der Waals surface area contributed by atoms with Crippen molar-refractivity contribution in [2.75, 3.05) is 5.73 Å². The van der Waals surface area contributed by atoms with Gasteiger partial charge < -0.3 is 5.73 Å². The zero-order chi connectivity index (χ0) is 11.9. The molecule has 2 N–H and O–H groups in total. The van der Waals surface area contributed by atoms with Gasteiger partial charge in [-0.3, -0.25) is 10.1 Å². The SMILES string of the molecule is Cc1c(N)nc2ccc([N+](=O)[O-])cc2c1C. The van der Waals surface area contributed by atoms with Crippen molar-refractivity contribution in [3.05, 3.63) is 39.4 Å². The smallest absolute Gasteiger partial charge is 0.270 e. The van der Waals surface area contributed by atoms with Gasteiger partial charge in [0, 0.05) is 17.5 Å². The van der Waals surface area contributed by atoms with E-state index in [0.717, 1.165) is 16.5 Å². The molecule has 1 heterocycles. The lowest BCUT2D eigenvalue weighted by molar-refractivity contribution is -0.384. The van der Waals surface area contributed by atoms with E-state index in [1.165, 1.54) is 12.1 Å². The number of nitro benzene ring substituents is 1. The number of hydrogen-bond donors (Lipinski definition) is 1. The minimum absolute atomic E-state index is 0.0709. The number of anilines is 1. The first-order valence-corrected chi connectivity index (χ1v) is 4.81. The normalized spacial score (nSPS) is 10.6. The van der Waals surface area contributed by atoms with Gasteiger partial charge in [0.15, 0.2) is 0 Å². The predicted octanol–water partition coefficient (Wildman–Crippen LogP) is 2.34. The highest BCUT2D eigenvalue weighted by atomic mass is 16.6. The van der Waals surface area contributed by atoms with Crippen LogP contribution in [0.3, 0.4) is 0 Å². The number of non-ortho nitro benzene ring substituents is 1. The van der Waals surface area contributed by atoms with E-state index >= 15 is 0 Å². The second-order valence-corrected chi connectivity index (χ2v) is 3.71. The van der Waals surface area contributed by atoms with Crippen molar-refractivity contribution in [3.8, 4) is 0 Å². The number of nitrogen functional groups attached to an aromatic ring is 1. The lowest BCUT2D eigenvalue weighted by Crippen LogP contribution is -1.98. The summed E-state index contributed by atoms with van der Waals surface area (Å²) in [6.45, 7) is 3.75. The molecule has 5 nitrogen and oxygen atoms in total. The number of benzene rings is 1. The molecule has 0 atom stereocenters. The fourth-order valence-corrected chi connectivity index (χ4v) is 1.64. The van der Waals surface area contributed by atoms with Crippen LogP contribution in [0.15, 0.2) is 18.2 Å². The first-order chi connectivity index (χ1) is 7.50. The number of aryl methyl sites for hydroxylation is 1. The average molecular weight is 217 g/mol. The molecule has 0 aliphatic carbocycles. The van der Waals surface area contributed by atoms with Crippen molar-refractivity contribution >= 4 is 22.4 Å². The zero-order valence-corrected chi connectivity index (χ0v) is 9.02. The van der Waals surface area contributed by atoms with Crippen LogP contribution in [-0.4, -0.2) is 9.91 Å². The summed E-state index contributed by atoms with van der Waals surface area (Å²) in [5, 5.41) is 11.4. The summed E-state index contributed by atoms with van der Waals surface area (Å²) in [6, 6.07) is 4.59. The van der Waals surface area contributed by atoms with Gasteiger partial charge in [0.25, 0.3) is 5.69 Å². The molecule has 0 bridgehead atoms. The number of nitro groups is 1. The maximum absolute atomic E-state index is 10.7. The molecule has 0 spiro atoms. The fourth-order valence-electron chi connectivity index (χ4n) is 1.64.